The van der Waals surface area contributed by atoms with E-state index >= 15 is 0 Å². The highest BCUT2D eigenvalue weighted by molar-refractivity contribution is 6.42. The van der Waals surface area contributed by atoms with E-state index in [9.17, 15) is 18.0 Å². The van der Waals surface area contributed by atoms with Crippen molar-refractivity contribution in [2.75, 3.05) is 6.54 Å². The number of benzene rings is 3. The standard InChI is InChI=1S/C28H23Cl2F3N4O/c29-22-7-3-5-20(24(22)30)15-37-13-12-23-25(36-16-35-23)26(37)17-8-10-18(11-9-17)27(38)34-14-19-4-1-2-6-21(19)28(31,32)33/h1-11,16,26H,12-15H2,(H,34,38)(H,35,36). The van der Waals surface area contributed by atoms with Gasteiger partial charge in [0.2, 0.25) is 0 Å². The van der Waals surface area contributed by atoms with Gasteiger partial charge in [-0.2, -0.15) is 13.2 Å². The third kappa shape index (κ3) is 5.43. The molecule has 0 bridgehead atoms. The fraction of sp³-hybridized carbons (Fsp3) is 0.214. The lowest BCUT2D eigenvalue weighted by molar-refractivity contribution is -0.138. The van der Waals surface area contributed by atoms with Gasteiger partial charge in [-0.15, -0.1) is 0 Å². The van der Waals surface area contributed by atoms with Crippen LogP contribution in [0.4, 0.5) is 13.2 Å². The first-order chi connectivity index (χ1) is 18.2. The number of halogens is 5. The highest BCUT2D eigenvalue weighted by atomic mass is 35.5. The Morgan fingerprint density at radius 2 is 1.76 bits per heavy atom. The van der Waals surface area contributed by atoms with Crippen LogP contribution in [0.2, 0.25) is 10.0 Å². The normalized spacial score (nSPS) is 15.8. The van der Waals surface area contributed by atoms with E-state index in [1.54, 1.807) is 24.5 Å². The van der Waals surface area contributed by atoms with E-state index in [1.807, 2.05) is 24.3 Å². The summed E-state index contributed by atoms with van der Waals surface area (Å²) in [6.45, 7) is 1.07. The lowest BCUT2D eigenvalue weighted by atomic mass is 9.94. The number of alkyl halides is 3. The lowest BCUT2D eigenvalue weighted by Crippen LogP contribution is -2.36. The Morgan fingerprint density at radius 1 is 1.03 bits per heavy atom. The van der Waals surface area contributed by atoms with Crippen LogP contribution in [-0.4, -0.2) is 27.3 Å². The minimum atomic E-state index is -4.49. The smallest absolute Gasteiger partial charge is 0.348 e. The average molecular weight is 559 g/mol. The molecule has 2 heterocycles. The minimum Gasteiger partial charge on any atom is -0.348 e. The number of hydrogen-bond donors (Lipinski definition) is 2. The van der Waals surface area contributed by atoms with Gasteiger partial charge in [-0.05, 0) is 41.0 Å². The molecule has 1 unspecified atom stereocenters. The lowest BCUT2D eigenvalue weighted by Gasteiger charge is -2.35. The summed E-state index contributed by atoms with van der Waals surface area (Å²) < 4.78 is 39.8. The number of amides is 1. The molecular weight excluding hydrogens is 536 g/mol. The maximum absolute atomic E-state index is 13.3. The molecule has 38 heavy (non-hydrogen) atoms. The number of aromatic amines is 1. The Labute approximate surface area is 227 Å². The van der Waals surface area contributed by atoms with E-state index in [2.05, 4.69) is 20.2 Å². The van der Waals surface area contributed by atoms with Gasteiger partial charge < -0.3 is 10.3 Å². The first kappa shape index (κ1) is 26.3. The number of aromatic nitrogens is 2. The number of fused-ring (bicyclic) bond motifs is 1. The van der Waals surface area contributed by atoms with E-state index in [4.69, 9.17) is 23.2 Å². The van der Waals surface area contributed by atoms with Crippen LogP contribution in [0.1, 0.15) is 50.0 Å². The first-order valence-electron chi connectivity index (χ1n) is 11.9. The van der Waals surface area contributed by atoms with Crippen molar-refractivity contribution in [3.63, 3.8) is 0 Å². The number of nitrogens with zero attached hydrogens (tertiary/aromatic N) is 2. The van der Waals surface area contributed by atoms with E-state index in [0.717, 1.165) is 41.5 Å². The summed E-state index contributed by atoms with van der Waals surface area (Å²) in [5.41, 5.74) is 3.37. The predicted octanol–water partition coefficient (Wildman–Crippen LogP) is 6.81. The van der Waals surface area contributed by atoms with Crippen LogP contribution in [0.3, 0.4) is 0 Å². The van der Waals surface area contributed by atoms with Crippen molar-refractivity contribution in [1.82, 2.24) is 20.2 Å². The van der Waals surface area contributed by atoms with Gasteiger partial charge in [0.15, 0.2) is 0 Å². The third-order valence-electron chi connectivity index (χ3n) is 6.68. The molecule has 1 aliphatic rings. The third-order valence-corrected chi connectivity index (χ3v) is 7.54. The van der Waals surface area contributed by atoms with Gasteiger partial charge in [0.1, 0.15) is 0 Å². The summed E-state index contributed by atoms with van der Waals surface area (Å²) in [5, 5.41) is 3.60. The predicted molar refractivity (Wildman–Crippen MR) is 140 cm³/mol. The van der Waals surface area contributed by atoms with Crippen molar-refractivity contribution >= 4 is 29.1 Å². The largest absolute Gasteiger partial charge is 0.416 e. The minimum absolute atomic E-state index is 0.00792. The number of nitrogens with one attached hydrogen (secondary N) is 2. The Bertz CT molecular complexity index is 1450. The number of rotatable bonds is 6. The summed E-state index contributed by atoms with van der Waals surface area (Å²) in [6, 6.07) is 17.6. The summed E-state index contributed by atoms with van der Waals surface area (Å²) in [5.74, 6) is -0.458. The van der Waals surface area contributed by atoms with Crippen molar-refractivity contribution in [3.8, 4) is 0 Å². The highest BCUT2D eigenvalue weighted by Crippen LogP contribution is 2.36. The molecule has 1 atom stereocenters. The zero-order valence-corrected chi connectivity index (χ0v) is 21.5. The first-order valence-corrected chi connectivity index (χ1v) is 12.7. The highest BCUT2D eigenvalue weighted by Gasteiger charge is 2.33. The topological polar surface area (TPSA) is 61.0 Å². The van der Waals surface area contributed by atoms with Gasteiger partial charge in [0.05, 0.1) is 33.7 Å². The maximum atomic E-state index is 13.3. The molecule has 0 saturated carbocycles. The molecule has 196 valence electrons. The van der Waals surface area contributed by atoms with Gasteiger partial charge in [-0.25, -0.2) is 4.98 Å². The molecule has 1 aromatic heterocycles. The quantitative estimate of drug-likeness (QED) is 0.273. The van der Waals surface area contributed by atoms with Crippen molar-refractivity contribution < 1.29 is 18.0 Å². The van der Waals surface area contributed by atoms with E-state index in [-0.39, 0.29) is 18.2 Å². The summed E-state index contributed by atoms with van der Waals surface area (Å²) in [7, 11) is 0. The fourth-order valence-electron chi connectivity index (χ4n) is 4.80. The zero-order chi connectivity index (χ0) is 26.9. The molecule has 0 radical (unpaired) electrons. The van der Waals surface area contributed by atoms with E-state index in [1.165, 1.54) is 18.2 Å². The Kier molecular flexibility index (Phi) is 7.47. The molecule has 5 nitrogen and oxygen atoms in total. The van der Waals surface area contributed by atoms with Crippen LogP contribution in [0, 0.1) is 0 Å². The van der Waals surface area contributed by atoms with Gasteiger partial charge in [-0.1, -0.05) is 65.7 Å². The van der Waals surface area contributed by atoms with Crippen molar-refractivity contribution in [2.24, 2.45) is 0 Å². The molecule has 0 aliphatic carbocycles. The van der Waals surface area contributed by atoms with Crippen LogP contribution in [0.15, 0.2) is 73.1 Å². The molecule has 2 N–H and O–H groups in total. The molecule has 5 rings (SSSR count). The van der Waals surface area contributed by atoms with Crippen LogP contribution in [0.5, 0.6) is 0 Å². The second-order valence-corrected chi connectivity index (χ2v) is 9.85. The molecule has 0 saturated heterocycles. The number of carbonyl (C=O) groups excluding carboxylic acids is 1. The van der Waals surface area contributed by atoms with E-state index in [0.29, 0.717) is 22.2 Å². The Balaban J connectivity index is 1.35. The van der Waals surface area contributed by atoms with Crippen molar-refractivity contribution in [2.45, 2.75) is 31.7 Å². The van der Waals surface area contributed by atoms with E-state index < -0.39 is 17.6 Å². The number of imidazole rings is 1. The van der Waals surface area contributed by atoms with Crippen LogP contribution < -0.4 is 5.32 Å². The summed E-state index contributed by atoms with van der Waals surface area (Å²) in [6.07, 6.45) is -2.02. The number of carbonyl (C=O) groups is 1. The van der Waals surface area contributed by atoms with Crippen molar-refractivity contribution in [1.29, 1.82) is 0 Å². The molecule has 3 aromatic carbocycles. The van der Waals surface area contributed by atoms with Crippen LogP contribution >= 0.6 is 23.2 Å². The van der Waals surface area contributed by atoms with Gasteiger partial charge in [-0.3, -0.25) is 9.69 Å². The Hall–Kier alpha value is -3.33. The van der Waals surface area contributed by atoms with Gasteiger partial charge in [0.25, 0.3) is 5.91 Å². The molecular formula is C28H23Cl2F3N4O. The van der Waals surface area contributed by atoms with Crippen LogP contribution in [0.25, 0.3) is 0 Å². The molecule has 4 aromatic rings. The summed E-state index contributed by atoms with van der Waals surface area (Å²) in [4.78, 5) is 22.8. The molecule has 0 spiro atoms. The molecule has 1 aliphatic heterocycles. The summed E-state index contributed by atoms with van der Waals surface area (Å²) >= 11 is 12.7. The number of H-pyrrole nitrogens is 1. The monoisotopic (exact) mass is 558 g/mol. The molecule has 10 heteroatoms. The fourth-order valence-corrected chi connectivity index (χ4v) is 5.18. The molecule has 0 fully saturated rings. The van der Waals surface area contributed by atoms with Gasteiger partial charge in [0, 0.05) is 37.3 Å². The van der Waals surface area contributed by atoms with Crippen LogP contribution in [-0.2, 0) is 25.7 Å². The van der Waals surface area contributed by atoms with Gasteiger partial charge >= 0.3 is 6.18 Å². The zero-order valence-electron chi connectivity index (χ0n) is 20.0. The Morgan fingerprint density at radius 3 is 2.53 bits per heavy atom. The second-order valence-electron chi connectivity index (χ2n) is 9.06. The molecule has 1 amide bonds. The SMILES string of the molecule is O=C(NCc1ccccc1C(F)(F)F)c1ccc(C2c3nc[nH]c3CCN2Cc2cccc(Cl)c2Cl)cc1. The number of hydrogen-bond acceptors (Lipinski definition) is 3. The maximum Gasteiger partial charge on any atom is 0.416 e. The van der Waals surface area contributed by atoms with Crippen molar-refractivity contribution in [3.05, 3.63) is 122 Å². The second kappa shape index (κ2) is 10.8. The average Bonchev–Trinajstić information content (AvgIpc) is 3.38.